The van der Waals surface area contributed by atoms with Crippen molar-refractivity contribution in [2.45, 2.75) is 44.6 Å². The Hall–Kier alpha value is -2.37. The number of hydrogen-bond acceptors (Lipinski definition) is 4. The predicted octanol–water partition coefficient (Wildman–Crippen LogP) is 2.39. The molecule has 1 saturated carbocycles. The normalized spacial score (nSPS) is 18.6. The van der Waals surface area contributed by atoms with Gasteiger partial charge in [0.05, 0.1) is 11.3 Å². The topological polar surface area (TPSA) is 73.9 Å². The Morgan fingerprint density at radius 1 is 1.29 bits per heavy atom. The van der Waals surface area contributed by atoms with Crippen molar-refractivity contribution in [2.24, 2.45) is 0 Å². The van der Waals surface area contributed by atoms with E-state index in [1.807, 2.05) is 19.1 Å². The molecule has 2 aliphatic rings. The van der Waals surface area contributed by atoms with Gasteiger partial charge in [0.25, 0.3) is 5.91 Å². The molecular weight excluding hydrogens is 302 g/mol. The highest BCUT2D eigenvalue weighted by molar-refractivity contribution is 5.95. The van der Waals surface area contributed by atoms with E-state index in [2.05, 4.69) is 31.5 Å². The standard InChI is InChI=1S/C18H23N5O/c1-12-11-16(22-21-12)23-9-6-14(7-10-23)20-18(24)15-3-2-8-19-17(15)13-4-5-13/h2-3,8,11,13-14H,4-7,9-10H2,1H3,(H,20,24)(H,21,22). The zero-order valence-electron chi connectivity index (χ0n) is 14.0. The van der Waals surface area contributed by atoms with E-state index in [9.17, 15) is 4.79 Å². The van der Waals surface area contributed by atoms with Crippen LogP contribution in [0.1, 0.15) is 53.3 Å². The van der Waals surface area contributed by atoms with E-state index in [-0.39, 0.29) is 11.9 Å². The predicted molar refractivity (Wildman–Crippen MR) is 92.2 cm³/mol. The molecule has 0 spiro atoms. The van der Waals surface area contributed by atoms with Gasteiger partial charge >= 0.3 is 0 Å². The summed E-state index contributed by atoms with van der Waals surface area (Å²) in [6.45, 7) is 3.84. The lowest BCUT2D eigenvalue weighted by molar-refractivity contribution is 0.0929. The van der Waals surface area contributed by atoms with Crippen molar-refractivity contribution in [3.63, 3.8) is 0 Å². The van der Waals surface area contributed by atoms with Crippen LogP contribution >= 0.6 is 0 Å². The molecule has 0 unspecified atom stereocenters. The lowest BCUT2D eigenvalue weighted by Crippen LogP contribution is -2.45. The molecule has 3 heterocycles. The number of aromatic amines is 1. The quantitative estimate of drug-likeness (QED) is 0.905. The van der Waals surface area contributed by atoms with Gasteiger partial charge in [0.1, 0.15) is 0 Å². The summed E-state index contributed by atoms with van der Waals surface area (Å²) >= 11 is 0. The average Bonchev–Trinajstić information content (AvgIpc) is 3.37. The highest BCUT2D eigenvalue weighted by Gasteiger charge is 2.30. The van der Waals surface area contributed by atoms with Gasteiger partial charge in [0.15, 0.2) is 5.82 Å². The summed E-state index contributed by atoms with van der Waals surface area (Å²) < 4.78 is 0. The molecule has 2 fully saturated rings. The maximum absolute atomic E-state index is 12.6. The number of nitrogens with one attached hydrogen (secondary N) is 2. The first-order valence-corrected chi connectivity index (χ1v) is 8.73. The molecule has 0 aromatic carbocycles. The zero-order chi connectivity index (χ0) is 16.5. The second kappa shape index (κ2) is 6.26. The molecule has 1 amide bonds. The molecule has 126 valence electrons. The number of anilines is 1. The summed E-state index contributed by atoms with van der Waals surface area (Å²) in [6, 6.07) is 6.04. The molecule has 2 N–H and O–H groups in total. The van der Waals surface area contributed by atoms with Crippen LogP contribution in [0.15, 0.2) is 24.4 Å². The summed E-state index contributed by atoms with van der Waals surface area (Å²) in [5, 5.41) is 10.5. The number of pyridine rings is 1. The van der Waals surface area contributed by atoms with Gasteiger partial charge in [-0.25, -0.2) is 0 Å². The molecule has 4 rings (SSSR count). The van der Waals surface area contributed by atoms with E-state index in [0.29, 0.717) is 5.92 Å². The molecule has 1 aliphatic heterocycles. The van der Waals surface area contributed by atoms with Crippen molar-refractivity contribution < 1.29 is 4.79 Å². The Morgan fingerprint density at radius 2 is 2.08 bits per heavy atom. The van der Waals surface area contributed by atoms with Crippen LogP contribution in [0, 0.1) is 6.92 Å². The van der Waals surface area contributed by atoms with E-state index in [1.54, 1.807) is 6.20 Å². The van der Waals surface area contributed by atoms with Crippen LogP contribution in [0.4, 0.5) is 5.82 Å². The number of aryl methyl sites for hydroxylation is 1. The molecule has 1 saturated heterocycles. The van der Waals surface area contributed by atoms with Crippen molar-refractivity contribution in [1.29, 1.82) is 0 Å². The number of aromatic nitrogens is 3. The molecule has 2 aromatic rings. The number of piperidine rings is 1. The van der Waals surface area contributed by atoms with E-state index in [1.165, 1.54) is 0 Å². The van der Waals surface area contributed by atoms with Gasteiger partial charge in [-0.05, 0) is 44.7 Å². The maximum atomic E-state index is 12.6. The maximum Gasteiger partial charge on any atom is 0.253 e. The highest BCUT2D eigenvalue weighted by Crippen LogP contribution is 2.40. The highest BCUT2D eigenvalue weighted by atomic mass is 16.1. The SMILES string of the molecule is Cc1cc(N2CCC(NC(=O)c3cccnc3C3CC3)CC2)n[nH]1. The van der Waals surface area contributed by atoms with Crippen molar-refractivity contribution in [3.8, 4) is 0 Å². The van der Waals surface area contributed by atoms with Gasteiger partial charge in [-0.2, -0.15) is 5.10 Å². The fraction of sp³-hybridized carbons (Fsp3) is 0.500. The Labute approximate surface area is 141 Å². The van der Waals surface area contributed by atoms with Crippen molar-refractivity contribution in [3.05, 3.63) is 41.3 Å². The zero-order valence-corrected chi connectivity index (χ0v) is 14.0. The molecule has 6 nitrogen and oxygen atoms in total. The molecular formula is C18H23N5O. The Kier molecular flexibility index (Phi) is 3.96. The van der Waals surface area contributed by atoms with E-state index in [4.69, 9.17) is 0 Å². The first kappa shape index (κ1) is 15.2. The first-order chi connectivity index (χ1) is 11.7. The van der Waals surface area contributed by atoms with Gasteiger partial charge in [-0.3, -0.25) is 14.9 Å². The number of rotatable bonds is 4. The molecule has 6 heteroatoms. The minimum absolute atomic E-state index is 0.0269. The fourth-order valence-electron chi connectivity index (χ4n) is 3.37. The third-order valence-electron chi connectivity index (χ3n) is 4.89. The van der Waals surface area contributed by atoms with Gasteiger partial charge < -0.3 is 10.2 Å². The third-order valence-corrected chi connectivity index (χ3v) is 4.89. The minimum atomic E-state index is 0.0269. The van der Waals surface area contributed by atoms with Gasteiger partial charge in [0, 0.05) is 43.0 Å². The lowest BCUT2D eigenvalue weighted by Gasteiger charge is -2.32. The first-order valence-electron chi connectivity index (χ1n) is 8.73. The van der Waals surface area contributed by atoms with Gasteiger partial charge in [-0.1, -0.05) is 0 Å². The number of hydrogen-bond donors (Lipinski definition) is 2. The Morgan fingerprint density at radius 3 is 2.75 bits per heavy atom. The Balaban J connectivity index is 1.36. The van der Waals surface area contributed by atoms with Crippen LogP contribution in [0.25, 0.3) is 0 Å². The number of carbonyl (C=O) groups is 1. The second-order valence-electron chi connectivity index (χ2n) is 6.85. The van der Waals surface area contributed by atoms with Crippen LogP contribution in [-0.4, -0.2) is 40.2 Å². The molecule has 0 radical (unpaired) electrons. The van der Waals surface area contributed by atoms with Crippen LogP contribution < -0.4 is 10.2 Å². The molecule has 0 bridgehead atoms. The number of amides is 1. The van der Waals surface area contributed by atoms with Crippen LogP contribution in [0.5, 0.6) is 0 Å². The van der Waals surface area contributed by atoms with Crippen LogP contribution in [0.2, 0.25) is 0 Å². The van der Waals surface area contributed by atoms with Crippen LogP contribution in [0.3, 0.4) is 0 Å². The summed E-state index contributed by atoms with van der Waals surface area (Å²) in [5.74, 6) is 1.51. The summed E-state index contributed by atoms with van der Waals surface area (Å²) in [7, 11) is 0. The smallest absolute Gasteiger partial charge is 0.253 e. The Bertz CT molecular complexity index is 729. The molecule has 1 aliphatic carbocycles. The van der Waals surface area contributed by atoms with E-state index >= 15 is 0 Å². The summed E-state index contributed by atoms with van der Waals surface area (Å²) in [6.07, 6.45) is 5.97. The lowest BCUT2D eigenvalue weighted by atomic mass is 10.0. The molecule has 24 heavy (non-hydrogen) atoms. The number of H-pyrrole nitrogens is 1. The van der Waals surface area contributed by atoms with E-state index < -0.39 is 0 Å². The van der Waals surface area contributed by atoms with Gasteiger partial charge in [0.2, 0.25) is 0 Å². The fourth-order valence-corrected chi connectivity index (χ4v) is 3.37. The monoisotopic (exact) mass is 325 g/mol. The second-order valence-corrected chi connectivity index (χ2v) is 6.85. The minimum Gasteiger partial charge on any atom is -0.355 e. The largest absolute Gasteiger partial charge is 0.355 e. The van der Waals surface area contributed by atoms with Gasteiger partial charge in [-0.15, -0.1) is 0 Å². The summed E-state index contributed by atoms with van der Waals surface area (Å²) in [4.78, 5) is 19.3. The summed E-state index contributed by atoms with van der Waals surface area (Å²) in [5.41, 5.74) is 2.80. The molecule has 2 aromatic heterocycles. The van der Waals surface area contributed by atoms with Crippen molar-refractivity contribution >= 4 is 11.7 Å². The van der Waals surface area contributed by atoms with E-state index in [0.717, 1.165) is 61.5 Å². The van der Waals surface area contributed by atoms with Crippen LogP contribution in [-0.2, 0) is 0 Å². The number of carbonyl (C=O) groups excluding carboxylic acids is 1. The molecule has 0 atom stereocenters. The number of nitrogens with zero attached hydrogens (tertiary/aromatic N) is 3. The van der Waals surface area contributed by atoms with Crippen molar-refractivity contribution in [2.75, 3.05) is 18.0 Å². The van der Waals surface area contributed by atoms with Crippen molar-refractivity contribution in [1.82, 2.24) is 20.5 Å². The average molecular weight is 325 g/mol. The third kappa shape index (κ3) is 3.13.